The number of aryl methyl sites for hydroxylation is 2. The molecule has 2 aliphatic rings. The minimum absolute atomic E-state index is 0.296. The van der Waals surface area contributed by atoms with Crippen LogP contribution in [-0.4, -0.2) is 33.4 Å². The summed E-state index contributed by atoms with van der Waals surface area (Å²) < 4.78 is 2.30. The van der Waals surface area contributed by atoms with E-state index in [-0.39, 0.29) is 5.41 Å². The van der Waals surface area contributed by atoms with Gasteiger partial charge in [-0.2, -0.15) is 0 Å². The van der Waals surface area contributed by atoms with E-state index in [1.165, 1.54) is 11.3 Å². The van der Waals surface area contributed by atoms with Gasteiger partial charge in [0.25, 0.3) is 0 Å². The summed E-state index contributed by atoms with van der Waals surface area (Å²) in [6, 6.07) is 10.8. The molecule has 0 N–H and O–H groups in total. The van der Waals surface area contributed by atoms with E-state index in [2.05, 4.69) is 52.6 Å². The first-order valence-electron chi connectivity index (χ1n) is 9.47. The molecule has 132 valence electrons. The molecular formula is C21H27N3O. The number of amides is 1. The normalized spacial score (nSPS) is 22.5. The summed E-state index contributed by atoms with van der Waals surface area (Å²) in [7, 11) is 0. The molecule has 4 heteroatoms. The number of aromatic nitrogens is 2. The third kappa shape index (κ3) is 2.68. The van der Waals surface area contributed by atoms with E-state index in [9.17, 15) is 4.79 Å². The second-order valence-electron chi connectivity index (χ2n) is 7.67. The molecule has 1 saturated heterocycles. The van der Waals surface area contributed by atoms with Crippen molar-refractivity contribution >= 4 is 5.91 Å². The number of carbonyl (C=O) groups excluding carboxylic acids is 1. The molecule has 1 amide bonds. The quantitative estimate of drug-likeness (QED) is 0.855. The molecule has 25 heavy (non-hydrogen) atoms. The number of carbonyl (C=O) groups is 1. The predicted octanol–water partition coefficient (Wildman–Crippen LogP) is 3.79. The van der Waals surface area contributed by atoms with Gasteiger partial charge in [-0.15, -0.1) is 0 Å². The molecule has 1 aliphatic carbocycles. The van der Waals surface area contributed by atoms with Crippen LogP contribution in [-0.2, 0) is 10.2 Å². The van der Waals surface area contributed by atoms with E-state index in [1.807, 2.05) is 12.3 Å². The zero-order valence-corrected chi connectivity index (χ0v) is 15.2. The summed E-state index contributed by atoms with van der Waals surface area (Å²) in [5, 5.41) is 0. The Labute approximate surface area is 149 Å². The molecule has 0 spiro atoms. The van der Waals surface area contributed by atoms with Gasteiger partial charge in [-0.1, -0.05) is 43.2 Å². The fourth-order valence-corrected chi connectivity index (χ4v) is 4.92. The van der Waals surface area contributed by atoms with Gasteiger partial charge in [-0.3, -0.25) is 4.79 Å². The zero-order valence-electron chi connectivity index (χ0n) is 15.2. The molecule has 2 heterocycles. The van der Waals surface area contributed by atoms with Crippen molar-refractivity contribution in [3.8, 4) is 0 Å². The van der Waals surface area contributed by atoms with Crippen LogP contribution in [0.4, 0.5) is 0 Å². The van der Waals surface area contributed by atoms with Gasteiger partial charge in [0.2, 0.25) is 5.91 Å². The van der Waals surface area contributed by atoms with Gasteiger partial charge < -0.3 is 9.47 Å². The van der Waals surface area contributed by atoms with Crippen LogP contribution in [0.1, 0.15) is 55.2 Å². The third-order valence-electron chi connectivity index (χ3n) is 6.18. The highest BCUT2D eigenvalue weighted by Gasteiger charge is 2.46. The second kappa shape index (κ2) is 6.32. The van der Waals surface area contributed by atoms with Gasteiger partial charge in [0.15, 0.2) is 0 Å². The molecule has 0 radical (unpaired) electrons. The van der Waals surface area contributed by atoms with E-state index in [0.717, 1.165) is 51.0 Å². The Morgan fingerprint density at radius 1 is 1.16 bits per heavy atom. The maximum Gasteiger partial charge on any atom is 0.233 e. The summed E-state index contributed by atoms with van der Waals surface area (Å²) in [5.41, 5.74) is 2.10. The van der Waals surface area contributed by atoms with Crippen molar-refractivity contribution in [1.29, 1.82) is 0 Å². The topological polar surface area (TPSA) is 38.1 Å². The minimum atomic E-state index is -0.296. The standard InChI is InChI=1S/C21H27N3O/c1-16-14-22-17(2)24(16)19-10-13-23(15-19)20(25)21(11-6-7-12-21)18-8-4-3-5-9-18/h3-5,8-9,14,19H,6-7,10-13,15H2,1-2H3. The van der Waals surface area contributed by atoms with Gasteiger partial charge in [0, 0.05) is 25.0 Å². The summed E-state index contributed by atoms with van der Waals surface area (Å²) in [6.07, 6.45) is 7.23. The third-order valence-corrected chi connectivity index (χ3v) is 6.18. The van der Waals surface area contributed by atoms with Crippen molar-refractivity contribution in [1.82, 2.24) is 14.5 Å². The monoisotopic (exact) mass is 337 g/mol. The molecule has 1 saturated carbocycles. The highest BCUT2D eigenvalue weighted by molar-refractivity contribution is 5.89. The van der Waals surface area contributed by atoms with Gasteiger partial charge in [-0.05, 0) is 38.7 Å². The van der Waals surface area contributed by atoms with E-state index in [4.69, 9.17) is 0 Å². The van der Waals surface area contributed by atoms with Crippen molar-refractivity contribution in [3.63, 3.8) is 0 Å². The molecule has 1 aliphatic heterocycles. The molecular weight excluding hydrogens is 310 g/mol. The van der Waals surface area contributed by atoms with Crippen molar-refractivity contribution in [2.24, 2.45) is 0 Å². The summed E-state index contributed by atoms with van der Waals surface area (Å²) in [6.45, 7) is 5.83. The van der Waals surface area contributed by atoms with Crippen molar-refractivity contribution in [2.75, 3.05) is 13.1 Å². The number of hydrogen-bond donors (Lipinski definition) is 0. The van der Waals surface area contributed by atoms with Crippen LogP contribution in [0.2, 0.25) is 0 Å². The maximum absolute atomic E-state index is 13.6. The van der Waals surface area contributed by atoms with Crippen LogP contribution in [0, 0.1) is 13.8 Å². The van der Waals surface area contributed by atoms with Gasteiger partial charge in [-0.25, -0.2) is 4.98 Å². The lowest BCUT2D eigenvalue weighted by molar-refractivity contribution is -0.136. The summed E-state index contributed by atoms with van der Waals surface area (Å²) in [4.78, 5) is 20.1. The first kappa shape index (κ1) is 16.4. The molecule has 4 nitrogen and oxygen atoms in total. The molecule has 1 aromatic heterocycles. The maximum atomic E-state index is 13.6. The van der Waals surface area contributed by atoms with Crippen LogP contribution in [0.15, 0.2) is 36.5 Å². The average molecular weight is 337 g/mol. The SMILES string of the molecule is Cc1cnc(C)n1C1CCN(C(=O)C2(c3ccccc3)CCCC2)C1. The largest absolute Gasteiger partial charge is 0.340 e. The zero-order chi connectivity index (χ0) is 17.4. The summed E-state index contributed by atoms with van der Waals surface area (Å²) in [5.74, 6) is 1.39. The smallest absolute Gasteiger partial charge is 0.233 e. The Bertz CT molecular complexity index is 739. The molecule has 1 unspecified atom stereocenters. The fourth-order valence-electron chi connectivity index (χ4n) is 4.92. The lowest BCUT2D eigenvalue weighted by Crippen LogP contribution is -2.44. The van der Waals surface area contributed by atoms with E-state index >= 15 is 0 Å². The van der Waals surface area contributed by atoms with E-state index < -0.39 is 0 Å². The first-order chi connectivity index (χ1) is 12.1. The van der Waals surface area contributed by atoms with Crippen LogP contribution in [0.5, 0.6) is 0 Å². The first-order valence-corrected chi connectivity index (χ1v) is 9.47. The van der Waals surface area contributed by atoms with Gasteiger partial charge in [0.1, 0.15) is 5.82 Å². The number of hydrogen-bond acceptors (Lipinski definition) is 2. The Morgan fingerprint density at radius 3 is 2.52 bits per heavy atom. The highest BCUT2D eigenvalue weighted by atomic mass is 16.2. The van der Waals surface area contributed by atoms with Gasteiger partial charge in [0.05, 0.1) is 11.5 Å². The molecule has 2 fully saturated rings. The highest BCUT2D eigenvalue weighted by Crippen LogP contribution is 2.43. The number of benzene rings is 1. The molecule has 0 bridgehead atoms. The lowest BCUT2D eigenvalue weighted by atomic mass is 9.77. The lowest BCUT2D eigenvalue weighted by Gasteiger charge is -2.33. The number of rotatable bonds is 3. The van der Waals surface area contributed by atoms with Crippen molar-refractivity contribution < 1.29 is 4.79 Å². The van der Waals surface area contributed by atoms with Crippen LogP contribution < -0.4 is 0 Å². The Morgan fingerprint density at radius 2 is 1.88 bits per heavy atom. The Kier molecular flexibility index (Phi) is 4.14. The molecule has 1 atom stereocenters. The predicted molar refractivity (Wildman–Crippen MR) is 98.5 cm³/mol. The minimum Gasteiger partial charge on any atom is -0.340 e. The van der Waals surface area contributed by atoms with E-state index in [0.29, 0.717) is 11.9 Å². The molecule has 2 aromatic rings. The van der Waals surface area contributed by atoms with Crippen molar-refractivity contribution in [3.05, 3.63) is 53.6 Å². The van der Waals surface area contributed by atoms with Crippen LogP contribution >= 0.6 is 0 Å². The number of likely N-dealkylation sites (tertiary alicyclic amines) is 1. The Hall–Kier alpha value is -2.10. The molecule has 1 aromatic carbocycles. The summed E-state index contributed by atoms with van der Waals surface area (Å²) >= 11 is 0. The molecule has 4 rings (SSSR count). The average Bonchev–Trinajstić information content (AvgIpc) is 3.36. The van der Waals surface area contributed by atoms with Crippen LogP contribution in [0.25, 0.3) is 0 Å². The van der Waals surface area contributed by atoms with Gasteiger partial charge >= 0.3 is 0 Å². The second-order valence-corrected chi connectivity index (χ2v) is 7.67. The van der Waals surface area contributed by atoms with Crippen molar-refractivity contribution in [2.45, 2.75) is 57.4 Å². The Balaban J connectivity index is 1.58. The number of imidazole rings is 1. The number of nitrogens with zero attached hydrogens (tertiary/aromatic N) is 3. The van der Waals surface area contributed by atoms with E-state index in [1.54, 1.807) is 0 Å². The van der Waals surface area contributed by atoms with Crippen LogP contribution in [0.3, 0.4) is 0 Å². The fraction of sp³-hybridized carbons (Fsp3) is 0.524.